The van der Waals surface area contributed by atoms with E-state index in [4.69, 9.17) is 5.11 Å². The summed E-state index contributed by atoms with van der Waals surface area (Å²) in [6.45, 7) is 11.2. The minimum absolute atomic E-state index is 0.0622. The number of carbonyl (C=O) groups excluding carboxylic acids is 1. The molecule has 0 bridgehead atoms. The minimum atomic E-state index is -0.114. The van der Waals surface area contributed by atoms with E-state index in [0.717, 1.165) is 12.8 Å². The van der Waals surface area contributed by atoms with Crippen LogP contribution >= 0.6 is 0 Å². The molecule has 0 saturated heterocycles. The first-order valence-electron chi connectivity index (χ1n) is 6.92. The third kappa shape index (κ3) is 9.28. The molecule has 0 aromatic rings. The smallest absolute Gasteiger partial charge is 0.315 e. The molecule has 0 heterocycles. The topological polar surface area (TPSA) is 61.4 Å². The Bertz CT molecular complexity index is 240. The second-order valence-corrected chi connectivity index (χ2v) is 6.34. The highest BCUT2D eigenvalue weighted by atomic mass is 16.3. The van der Waals surface area contributed by atoms with Crippen molar-refractivity contribution in [1.29, 1.82) is 0 Å². The molecule has 1 atom stereocenters. The molecule has 0 aromatic heterocycles. The highest BCUT2D eigenvalue weighted by Crippen LogP contribution is 2.17. The molecule has 18 heavy (non-hydrogen) atoms. The molecule has 0 saturated carbocycles. The van der Waals surface area contributed by atoms with E-state index in [-0.39, 0.29) is 24.1 Å². The number of hydrogen-bond donors (Lipinski definition) is 3. The van der Waals surface area contributed by atoms with E-state index >= 15 is 0 Å². The molecular formula is C14H30N2O2. The summed E-state index contributed by atoms with van der Waals surface area (Å²) in [4.78, 5) is 11.7. The van der Waals surface area contributed by atoms with Gasteiger partial charge in [0.25, 0.3) is 0 Å². The van der Waals surface area contributed by atoms with E-state index in [1.54, 1.807) is 0 Å². The summed E-state index contributed by atoms with van der Waals surface area (Å²) in [5.74, 6) is 0.667. The molecule has 3 N–H and O–H groups in total. The maximum Gasteiger partial charge on any atom is 0.315 e. The predicted molar refractivity (Wildman–Crippen MR) is 75.6 cm³/mol. The van der Waals surface area contributed by atoms with Gasteiger partial charge in [0.1, 0.15) is 0 Å². The van der Waals surface area contributed by atoms with Crippen molar-refractivity contribution < 1.29 is 9.90 Å². The first-order valence-corrected chi connectivity index (χ1v) is 6.92. The Labute approximate surface area is 112 Å². The molecule has 108 valence electrons. The largest absolute Gasteiger partial charge is 0.396 e. The Hall–Kier alpha value is -0.770. The van der Waals surface area contributed by atoms with Gasteiger partial charge >= 0.3 is 6.03 Å². The molecule has 4 heteroatoms. The number of amides is 2. The van der Waals surface area contributed by atoms with Crippen molar-refractivity contribution in [3.05, 3.63) is 0 Å². The van der Waals surface area contributed by atoms with Gasteiger partial charge in [-0.25, -0.2) is 4.79 Å². The third-order valence-electron chi connectivity index (χ3n) is 3.07. The van der Waals surface area contributed by atoms with Gasteiger partial charge in [0.15, 0.2) is 0 Å². The predicted octanol–water partition coefficient (Wildman–Crippen LogP) is 2.52. The van der Waals surface area contributed by atoms with Gasteiger partial charge in [-0.05, 0) is 37.5 Å². The highest BCUT2D eigenvalue weighted by molar-refractivity contribution is 5.74. The van der Waals surface area contributed by atoms with Crippen molar-refractivity contribution in [3.63, 3.8) is 0 Å². The molecule has 1 unspecified atom stereocenters. The number of carbonyl (C=O) groups is 1. The van der Waals surface area contributed by atoms with Crippen molar-refractivity contribution in [2.24, 2.45) is 11.3 Å². The number of hydrogen-bond acceptors (Lipinski definition) is 2. The molecule has 0 aromatic carbocycles. The Morgan fingerprint density at radius 2 is 1.83 bits per heavy atom. The Morgan fingerprint density at radius 3 is 2.33 bits per heavy atom. The summed E-state index contributed by atoms with van der Waals surface area (Å²) in [6.07, 6.45) is 2.82. The van der Waals surface area contributed by atoms with E-state index < -0.39 is 0 Å². The van der Waals surface area contributed by atoms with Crippen molar-refractivity contribution in [3.8, 4) is 0 Å². The van der Waals surface area contributed by atoms with Crippen LogP contribution in [-0.4, -0.2) is 30.3 Å². The van der Waals surface area contributed by atoms with Gasteiger partial charge in [-0.2, -0.15) is 0 Å². The van der Waals surface area contributed by atoms with Crippen LogP contribution in [-0.2, 0) is 0 Å². The third-order valence-corrected chi connectivity index (χ3v) is 3.07. The standard InChI is InChI=1S/C14H30N2O2/c1-11(2)6-7-12(3)16-13(18)15-10-14(4,5)8-9-17/h11-12,17H,6-10H2,1-5H3,(H2,15,16,18). The summed E-state index contributed by atoms with van der Waals surface area (Å²) in [5, 5.41) is 14.7. The van der Waals surface area contributed by atoms with Crippen LogP contribution < -0.4 is 10.6 Å². The van der Waals surface area contributed by atoms with Gasteiger partial charge in [-0.15, -0.1) is 0 Å². The quantitative estimate of drug-likeness (QED) is 0.626. The molecule has 2 amide bonds. The van der Waals surface area contributed by atoms with Crippen LogP contribution in [0.2, 0.25) is 0 Å². The average molecular weight is 258 g/mol. The summed E-state index contributed by atoms with van der Waals surface area (Å²) in [7, 11) is 0. The lowest BCUT2D eigenvalue weighted by molar-refractivity contribution is 0.200. The van der Waals surface area contributed by atoms with Crippen LogP contribution in [0.25, 0.3) is 0 Å². The Morgan fingerprint density at radius 1 is 1.22 bits per heavy atom. The summed E-state index contributed by atoms with van der Waals surface area (Å²) in [5.41, 5.74) is -0.0622. The van der Waals surface area contributed by atoms with E-state index in [0.29, 0.717) is 18.9 Å². The number of rotatable bonds is 8. The van der Waals surface area contributed by atoms with E-state index in [9.17, 15) is 4.79 Å². The van der Waals surface area contributed by atoms with Crippen LogP contribution in [0.5, 0.6) is 0 Å². The van der Waals surface area contributed by atoms with Crippen molar-refractivity contribution in [2.75, 3.05) is 13.2 Å². The summed E-state index contributed by atoms with van der Waals surface area (Å²) < 4.78 is 0. The van der Waals surface area contributed by atoms with Gasteiger partial charge in [-0.1, -0.05) is 27.7 Å². The van der Waals surface area contributed by atoms with Gasteiger partial charge < -0.3 is 15.7 Å². The number of urea groups is 1. The monoisotopic (exact) mass is 258 g/mol. The molecule has 0 aliphatic carbocycles. The number of aliphatic hydroxyl groups is 1. The highest BCUT2D eigenvalue weighted by Gasteiger charge is 2.18. The SMILES string of the molecule is CC(C)CCC(C)NC(=O)NCC(C)(C)CCO. The first kappa shape index (κ1) is 17.2. The number of nitrogens with one attached hydrogen (secondary N) is 2. The molecule has 0 rings (SSSR count). The van der Waals surface area contributed by atoms with Crippen molar-refractivity contribution in [1.82, 2.24) is 10.6 Å². The van der Waals surface area contributed by atoms with E-state index in [2.05, 4.69) is 24.5 Å². The summed E-state index contributed by atoms with van der Waals surface area (Å²) >= 11 is 0. The van der Waals surface area contributed by atoms with Gasteiger partial charge in [0.2, 0.25) is 0 Å². The molecule has 0 fully saturated rings. The van der Waals surface area contributed by atoms with Crippen LogP contribution in [0.3, 0.4) is 0 Å². The minimum Gasteiger partial charge on any atom is -0.396 e. The Balaban J connectivity index is 3.83. The lowest BCUT2D eigenvalue weighted by Gasteiger charge is -2.24. The fourth-order valence-electron chi connectivity index (χ4n) is 1.64. The summed E-state index contributed by atoms with van der Waals surface area (Å²) in [6, 6.07) is 0.0885. The fourth-order valence-corrected chi connectivity index (χ4v) is 1.64. The maximum absolute atomic E-state index is 11.7. The Kier molecular flexibility index (Phi) is 8.00. The van der Waals surface area contributed by atoms with E-state index in [1.165, 1.54) is 0 Å². The van der Waals surface area contributed by atoms with Crippen LogP contribution in [0.15, 0.2) is 0 Å². The van der Waals surface area contributed by atoms with Crippen molar-refractivity contribution >= 4 is 6.03 Å². The van der Waals surface area contributed by atoms with Gasteiger partial charge in [0.05, 0.1) is 0 Å². The fraction of sp³-hybridized carbons (Fsp3) is 0.929. The molecular weight excluding hydrogens is 228 g/mol. The molecule has 0 aliphatic heterocycles. The first-order chi connectivity index (χ1) is 8.26. The van der Waals surface area contributed by atoms with Crippen LogP contribution in [0.4, 0.5) is 4.79 Å². The molecule has 0 aliphatic rings. The lowest BCUT2D eigenvalue weighted by atomic mass is 9.90. The molecule has 0 radical (unpaired) electrons. The zero-order chi connectivity index (χ0) is 14.2. The van der Waals surface area contributed by atoms with Gasteiger partial charge in [-0.3, -0.25) is 0 Å². The average Bonchev–Trinajstić information content (AvgIpc) is 2.24. The van der Waals surface area contributed by atoms with E-state index in [1.807, 2.05) is 20.8 Å². The zero-order valence-corrected chi connectivity index (χ0v) is 12.5. The van der Waals surface area contributed by atoms with Gasteiger partial charge in [0, 0.05) is 19.2 Å². The molecule has 0 spiro atoms. The lowest BCUT2D eigenvalue weighted by Crippen LogP contribution is -2.44. The van der Waals surface area contributed by atoms with Crippen molar-refractivity contribution in [2.45, 2.75) is 59.9 Å². The van der Waals surface area contributed by atoms with Crippen LogP contribution in [0.1, 0.15) is 53.9 Å². The zero-order valence-electron chi connectivity index (χ0n) is 12.5. The molecule has 4 nitrogen and oxygen atoms in total. The maximum atomic E-state index is 11.7. The second-order valence-electron chi connectivity index (χ2n) is 6.34. The second kappa shape index (κ2) is 8.35. The number of aliphatic hydroxyl groups excluding tert-OH is 1. The van der Waals surface area contributed by atoms with Crippen LogP contribution in [0, 0.1) is 11.3 Å². The normalized spacial score (nSPS) is 13.5.